The molecular formula is C15H11F3O. The van der Waals surface area contributed by atoms with Gasteiger partial charge in [0, 0.05) is 5.56 Å². The quantitative estimate of drug-likeness (QED) is 0.730. The van der Waals surface area contributed by atoms with Crippen molar-refractivity contribution < 1.29 is 18.0 Å². The van der Waals surface area contributed by atoms with Crippen LogP contribution in [0.3, 0.4) is 0 Å². The summed E-state index contributed by atoms with van der Waals surface area (Å²) in [7, 11) is 0. The zero-order chi connectivity index (χ0) is 14.0. The SMILES string of the molecule is Cc1ccc(C=O)cc1-c1ccccc1C(F)(F)F. The van der Waals surface area contributed by atoms with Gasteiger partial charge in [0.05, 0.1) is 5.56 Å². The molecule has 19 heavy (non-hydrogen) atoms. The third-order valence-electron chi connectivity index (χ3n) is 2.92. The van der Waals surface area contributed by atoms with E-state index in [2.05, 4.69) is 0 Å². The van der Waals surface area contributed by atoms with Crippen LogP contribution in [-0.2, 0) is 6.18 Å². The Morgan fingerprint density at radius 3 is 2.32 bits per heavy atom. The van der Waals surface area contributed by atoms with E-state index in [9.17, 15) is 18.0 Å². The highest BCUT2D eigenvalue weighted by Gasteiger charge is 2.33. The van der Waals surface area contributed by atoms with Gasteiger partial charge in [-0.25, -0.2) is 0 Å². The average molecular weight is 264 g/mol. The highest BCUT2D eigenvalue weighted by molar-refractivity contribution is 5.81. The minimum atomic E-state index is -4.42. The Kier molecular flexibility index (Phi) is 3.42. The maximum Gasteiger partial charge on any atom is 0.417 e. The molecule has 0 saturated heterocycles. The predicted octanol–water partition coefficient (Wildman–Crippen LogP) is 4.49. The Balaban J connectivity index is 2.69. The maximum absolute atomic E-state index is 13.0. The number of aryl methyl sites for hydroxylation is 1. The Bertz CT molecular complexity index is 615. The first-order valence-corrected chi connectivity index (χ1v) is 5.66. The van der Waals surface area contributed by atoms with Crippen LogP contribution in [0.15, 0.2) is 42.5 Å². The lowest BCUT2D eigenvalue weighted by atomic mass is 9.94. The molecule has 0 aliphatic heterocycles. The van der Waals surface area contributed by atoms with Gasteiger partial charge in [-0.3, -0.25) is 4.79 Å². The fraction of sp³-hybridized carbons (Fsp3) is 0.133. The minimum absolute atomic E-state index is 0.0937. The molecule has 0 spiro atoms. The molecule has 0 fully saturated rings. The molecule has 0 bridgehead atoms. The third-order valence-corrected chi connectivity index (χ3v) is 2.92. The van der Waals surface area contributed by atoms with Gasteiger partial charge in [0.25, 0.3) is 0 Å². The molecule has 0 aromatic heterocycles. The topological polar surface area (TPSA) is 17.1 Å². The number of alkyl halides is 3. The number of halogens is 3. The van der Waals surface area contributed by atoms with E-state index in [1.807, 2.05) is 0 Å². The number of aldehydes is 1. The highest BCUT2D eigenvalue weighted by Crippen LogP contribution is 2.38. The van der Waals surface area contributed by atoms with Gasteiger partial charge in [-0.2, -0.15) is 13.2 Å². The Morgan fingerprint density at radius 1 is 1.00 bits per heavy atom. The molecule has 0 N–H and O–H groups in total. The summed E-state index contributed by atoms with van der Waals surface area (Å²) in [5, 5.41) is 0. The van der Waals surface area contributed by atoms with E-state index in [1.54, 1.807) is 25.1 Å². The fourth-order valence-corrected chi connectivity index (χ4v) is 1.97. The predicted molar refractivity (Wildman–Crippen MR) is 67.0 cm³/mol. The van der Waals surface area contributed by atoms with Crippen LogP contribution in [0, 0.1) is 6.92 Å². The van der Waals surface area contributed by atoms with Crippen molar-refractivity contribution in [2.75, 3.05) is 0 Å². The van der Waals surface area contributed by atoms with E-state index in [0.717, 1.165) is 6.07 Å². The second-order valence-electron chi connectivity index (χ2n) is 4.24. The monoisotopic (exact) mass is 264 g/mol. The van der Waals surface area contributed by atoms with Crippen molar-refractivity contribution in [2.45, 2.75) is 13.1 Å². The lowest BCUT2D eigenvalue weighted by Gasteiger charge is -2.14. The largest absolute Gasteiger partial charge is 0.417 e. The normalized spacial score (nSPS) is 11.4. The van der Waals surface area contributed by atoms with Crippen molar-refractivity contribution in [1.29, 1.82) is 0 Å². The van der Waals surface area contributed by atoms with Gasteiger partial charge in [-0.05, 0) is 35.7 Å². The summed E-state index contributed by atoms with van der Waals surface area (Å²) in [6, 6.07) is 10.1. The molecule has 0 aliphatic carbocycles. The van der Waals surface area contributed by atoms with Crippen molar-refractivity contribution >= 4 is 6.29 Å². The molecule has 2 rings (SSSR count). The second-order valence-corrected chi connectivity index (χ2v) is 4.24. The number of hydrogen-bond acceptors (Lipinski definition) is 1. The van der Waals surface area contributed by atoms with Gasteiger partial charge >= 0.3 is 6.18 Å². The Morgan fingerprint density at radius 2 is 1.68 bits per heavy atom. The molecule has 0 radical (unpaired) electrons. The van der Waals surface area contributed by atoms with Crippen LogP contribution in [0.1, 0.15) is 21.5 Å². The smallest absolute Gasteiger partial charge is 0.298 e. The summed E-state index contributed by atoms with van der Waals surface area (Å²) < 4.78 is 38.9. The van der Waals surface area contributed by atoms with E-state index in [0.29, 0.717) is 23.0 Å². The minimum Gasteiger partial charge on any atom is -0.298 e. The van der Waals surface area contributed by atoms with E-state index in [-0.39, 0.29) is 5.56 Å². The van der Waals surface area contributed by atoms with Crippen LogP contribution in [0.5, 0.6) is 0 Å². The van der Waals surface area contributed by atoms with Crippen LogP contribution < -0.4 is 0 Å². The molecule has 1 nitrogen and oxygen atoms in total. The summed E-state index contributed by atoms with van der Waals surface area (Å²) >= 11 is 0. The highest BCUT2D eigenvalue weighted by atomic mass is 19.4. The fourth-order valence-electron chi connectivity index (χ4n) is 1.97. The van der Waals surface area contributed by atoms with Gasteiger partial charge in [0.1, 0.15) is 6.29 Å². The van der Waals surface area contributed by atoms with Gasteiger partial charge in [0.2, 0.25) is 0 Å². The lowest BCUT2D eigenvalue weighted by Crippen LogP contribution is -2.07. The van der Waals surface area contributed by atoms with Gasteiger partial charge in [-0.15, -0.1) is 0 Å². The molecule has 4 heteroatoms. The number of hydrogen-bond donors (Lipinski definition) is 0. The van der Waals surface area contributed by atoms with Crippen LogP contribution in [0.25, 0.3) is 11.1 Å². The van der Waals surface area contributed by atoms with Gasteiger partial charge < -0.3 is 0 Å². The third kappa shape index (κ3) is 2.67. The second kappa shape index (κ2) is 4.88. The van der Waals surface area contributed by atoms with Crippen LogP contribution in [0.4, 0.5) is 13.2 Å². The summed E-state index contributed by atoms with van der Waals surface area (Å²) in [6.07, 6.45) is -3.79. The molecular weight excluding hydrogens is 253 g/mol. The maximum atomic E-state index is 13.0. The zero-order valence-corrected chi connectivity index (χ0v) is 10.2. The van der Waals surface area contributed by atoms with Crippen molar-refractivity contribution in [1.82, 2.24) is 0 Å². The number of carbonyl (C=O) groups is 1. The number of carbonyl (C=O) groups excluding carboxylic acids is 1. The molecule has 0 atom stereocenters. The first-order valence-electron chi connectivity index (χ1n) is 5.66. The standard InChI is InChI=1S/C15H11F3O/c1-10-6-7-11(9-19)8-13(10)12-4-2-3-5-14(12)15(16,17)18/h2-9H,1H3. The molecule has 0 saturated carbocycles. The molecule has 2 aromatic carbocycles. The van der Waals surface area contributed by atoms with E-state index < -0.39 is 11.7 Å². The zero-order valence-electron chi connectivity index (χ0n) is 10.2. The summed E-state index contributed by atoms with van der Waals surface area (Å²) in [5.74, 6) is 0. The van der Waals surface area contributed by atoms with E-state index >= 15 is 0 Å². The van der Waals surface area contributed by atoms with Gasteiger partial charge in [0.15, 0.2) is 0 Å². The van der Waals surface area contributed by atoms with Crippen LogP contribution in [0.2, 0.25) is 0 Å². The molecule has 98 valence electrons. The van der Waals surface area contributed by atoms with Crippen LogP contribution in [-0.4, -0.2) is 6.29 Å². The van der Waals surface area contributed by atoms with Crippen LogP contribution >= 0.6 is 0 Å². The van der Waals surface area contributed by atoms with Crippen molar-refractivity contribution in [3.8, 4) is 11.1 Å². The number of benzene rings is 2. The first-order chi connectivity index (χ1) is 8.93. The Labute approximate surface area is 108 Å². The average Bonchev–Trinajstić information content (AvgIpc) is 2.38. The first kappa shape index (κ1) is 13.3. The van der Waals surface area contributed by atoms with Gasteiger partial charge in [-0.1, -0.05) is 30.3 Å². The summed E-state index contributed by atoms with van der Waals surface area (Å²) in [6.45, 7) is 1.72. The Hall–Kier alpha value is -2.10. The molecule has 2 aromatic rings. The molecule has 0 heterocycles. The molecule has 0 amide bonds. The van der Waals surface area contributed by atoms with Crippen molar-refractivity contribution in [3.05, 3.63) is 59.2 Å². The number of rotatable bonds is 2. The molecule has 0 aliphatic rings. The van der Waals surface area contributed by atoms with Crippen molar-refractivity contribution in [2.24, 2.45) is 0 Å². The van der Waals surface area contributed by atoms with Crippen molar-refractivity contribution in [3.63, 3.8) is 0 Å². The summed E-state index contributed by atoms with van der Waals surface area (Å²) in [5.41, 5.74) is 0.884. The summed E-state index contributed by atoms with van der Waals surface area (Å²) in [4.78, 5) is 10.8. The van der Waals surface area contributed by atoms with E-state index in [4.69, 9.17) is 0 Å². The molecule has 0 unspecified atom stereocenters. The van der Waals surface area contributed by atoms with E-state index in [1.165, 1.54) is 18.2 Å². The lowest BCUT2D eigenvalue weighted by molar-refractivity contribution is -0.137.